The summed E-state index contributed by atoms with van der Waals surface area (Å²) in [4.78, 5) is 6.95. The summed E-state index contributed by atoms with van der Waals surface area (Å²) < 4.78 is 0. The minimum atomic E-state index is 0.684. The molecular weight excluding hydrogens is 226 g/mol. The minimum absolute atomic E-state index is 0.684. The zero-order valence-corrected chi connectivity index (χ0v) is 10.8. The fourth-order valence-corrected chi connectivity index (χ4v) is 3.83. The Morgan fingerprint density at radius 3 is 3.20 bits per heavy atom. The van der Waals surface area contributed by atoms with Crippen molar-refractivity contribution >= 4 is 28.2 Å². The minimum Gasteiger partial charge on any atom is -0.347 e. The van der Waals surface area contributed by atoms with E-state index in [0.29, 0.717) is 6.04 Å². The van der Waals surface area contributed by atoms with Gasteiger partial charge in [-0.15, -0.1) is 11.3 Å². The molecule has 1 aliphatic rings. The molecule has 15 heavy (non-hydrogen) atoms. The molecule has 1 fully saturated rings. The largest absolute Gasteiger partial charge is 0.347 e. The Hall–Kier alpha value is -0.260. The molecule has 84 valence electrons. The number of hydrogen-bond donors (Lipinski definition) is 1. The molecule has 0 bridgehead atoms. The van der Waals surface area contributed by atoms with Gasteiger partial charge in [0.15, 0.2) is 5.13 Å². The highest BCUT2D eigenvalue weighted by Crippen LogP contribution is 2.27. The van der Waals surface area contributed by atoms with Gasteiger partial charge in [-0.05, 0) is 19.2 Å². The lowest BCUT2D eigenvalue weighted by Crippen LogP contribution is -2.31. The molecule has 3 nitrogen and oxygen atoms in total. The van der Waals surface area contributed by atoms with E-state index < -0.39 is 0 Å². The van der Waals surface area contributed by atoms with Gasteiger partial charge in [-0.2, -0.15) is 11.8 Å². The van der Waals surface area contributed by atoms with Crippen molar-refractivity contribution in [3.05, 3.63) is 11.1 Å². The third-order valence-electron chi connectivity index (χ3n) is 2.65. The topological polar surface area (TPSA) is 28.2 Å². The summed E-state index contributed by atoms with van der Waals surface area (Å²) in [5.41, 5.74) is 1.15. The summed E-state index contributed by atoms with van der Waals surface area (Å²) in [6.07, 6.45) is 1.29. The highest BCUT2D eigenvalue weighted by Gasteiger charge is 2.21. The van der Waals surface area contributed by atoms with E-state index in [1.165, 1.54) is 17.9 Å². The lowest BCUT2D eigenvalue weighted by molar-refractivity contribution is 0.694. The van der Waals surface area contributed by atoms with Crippen molar-refractivity contribution in [2.75, 3.05) is 30.5 Å². The third-order valence-corrected chi connectivity index (χ3v) is 4.78. The molecule has 5 heteroatoms. The second-order valence-electron chi connectivity index (χ2n) is 3.78. The van der Waals surface area contributed by atoms with Crippen LogP contribution in [0.5, 0.6) is 0 Å². The second kappa shape index (κ2) is 5.18. The van der Waals surface area contributed by atoms with Crippen LogP contribution < -0.4 is 10.2 Å². The van der Waals surface area contributed by atoms with E-state index in [9.17, 15) is 0 Å². The summed E-state index contributed by atoms with van der Waals surface area (Å²) in [5, 5.41) is 6.43. The average molecular weight is 243 g/mol. The van der Waals surface area contributed by atoms with Crippen LogP contribution in [-0.4, -0.2) is 36.6 Å². The van der Waals surface area contributed by atoms with Gasteiger partial charge < -0.3 is 10.2 Å². The molecule has 0 saturated carbocycles. The highest BCUT2D eigenvalue weighted by atomic mass is 32.2. The molecule has 2 rings (SSSR count). The Morgan fingerprint density at radius 2 is 2.53 bits per heavy atom. The van der Waals surface area contributed by atoms with Crippen LogP contribution in [0, 0.1) is 0 Å². The number of thiazole rings is 1. The van der Waals surface area contributed by atoms with Gasteiger partial charge in [0.25, 0.3) is 0 Å². The van der Waals surface area contributed by atoms with E-state index in [4.69, 9.17) is 0 Å². The van der Waals surface area contributed by atoms with Crippen LogP contribution >= 0.6 is 23.1 Å². The van der Waals surface area contributed by atoms with Crippen LogP contribution in [0.15, 0.2) is 5.38 Å². The van der Waals surface area contributed by atoms with E-state index in [2.05, 4.69) is 27.6 Å². The smallest absolute Gasteiger partial charge is 0.185 e. The Balaban J connectivity index is 2.00. The molecule has 0 spiro atoms. The van der Waals surface area contributed by atoms with E-state index in [1.807, 2.05) is 18.8 Å². The summed E-state index contributed by atoms with van der Waals surface area (Å²) >= 11 is 3.80. The van der Waals surface area contributed by atoms with Gasteiger partial charge in [0, 0.05) is 30.8 Å². The van der Waals surface area contributed by atoms with Crippen molar-refractivity contribution in [1.82, 2.24) is 10.3 Å². The number of nitrogens with one attached hydrogen (secondary N) is 1. The number of thioether (sulfide) groups is 1. The first-order chi connectivity index (χ1) is 7.31. The quantitative estimate of drug-likeness (QED) is 0.873. The van der Waals surface area contributed by atoms with Crippen molar-refractivity contribution in [1.29, 1.82) is 0 Å². The van der Waals surface area contributed by atoms with Crippen molar-refractivity contribution in [2.24, 2.45) is 0 Å². The highest BCUT2D eigenvalue weighted by molar-refractivity contribution is 7.99. The standard InChI is InChI=1S/C10H17N3S2/c1-11-5-8-6-15-10(12-8)13(2)9-3-4-14-7-9/h6,9,11H,3-5,7H2,1-2H3. The van der Waals surface area contributed by atoms with Crippen molar-refractivity contribution in [2.45, 2.75) is 19.0 Å². The van der Waals surface area contributed by atoms with Gasteiger partial charge >= 0.3 is 0 Å². The molecule has 0 aromatic carbocycles. The molecule has 1 unspecified atom stereocenters. The SMILES string of the molecule is CNCc1csc(N(C)C2CCSC2)n1. The number of nitrogens with zero attached hydrogens (tertiary/aromatic N) is 2. The summed E-state index contributed by atoms with van der Waals surface area (Å²) in [5.74, 6) is 2.54. The Bertz CT molecular complexity index is 307. The van der Waals surface area contributed by atoms with Crippen LogP contribution in [-0.2, 0) is 6.54 Å². The normalized spacial score (nSPS) is 20.8. The first kappa shape index (κ1) is 11.2. The Morgan fingerprint density at radius 1 is 1.67 bits per heavy atom. The van der Waals surface area contributed by atoms with Gasteiger partial charge in [-0.1, -0.05) is 0 Å². The lowest BCUT2D eigenvalue weighted by atomic mass is 10.2. The fourth-order valence-electron chi connectivity index (χ4n) is 1.70. The maximum Gasteiger partial charge on any atom is 0.185 e. The monoisotopic (exact) mass is 243 g/mol. The molecule has 1 atom stereocenters. The molecule has 1 aromatic rings. The van der Waals surface area contributed by atoms with Gasteiger partial charge in [0.05, 0.1) is 5.69 Å². The molecule has 1 aliphatic heterocycles. The zero-order chi connectivity index (χ0) is 10.7. The zero-order valence-electron chi connectivity index (χ0n) is 9.19. The predicted octanol–water partition coefficient (Wildman–Crippen LogP) is 1.80. The number of rotatable bonds is 4. The van der Waals surface area contributed by atoms with Crippen LogP contribution in [0.25, 0.3) is 0 Å². The molecule has 1 saturated heterocycles. The number of anilines is 1. The summed E-state index contributed by atoms with van der Waals surface area (Å²) in [6.45, 7) is 0.865. The van der Waals surface area contributed by atoms with Gasteiger partial charge in [0.1, 0.15) is 0 Å². The van der Waals surface area contributed by atoms with Crippen LogP contribution in [0.4, 0.5) is 5.13 Å². The van der Waals surface area contributed by atoms with Crippen molar-refractivity contribution in [3.63, 3.8) is 0 Å². The van der Waals surface area contributed by atoms with E-state index in [1.54, 1.807) is 11.3 Å². The molecule has 0 radical (unpaired) electrons. The molecule has 0 aliphatic carbocycles. The number of aromatic nitrogens is 1. The average Bonchev–Trinajstić information content (AvgIpc) is 2.87. The van der Waals surface area contributed by atoms with Gasteiger partial charge in [0.2, 0.25) is 0 Å². The number of hydrogen-bond acceptors (Lipinski definition) is 5. The molecule has 1 N–H and O–H groups in total. The predicted molar refractivity (Wildman–Crippen MR) is 69.0 cm³/mol. The van der Waals surface area contributed by atoms with E-state index in [0.717, 1.165) is 17.4 Å². The molecular formula is C10H17N3S2. The Kier molecular flexibility index (Phi) is 3.88. The van der Waals surface area contributed by atoms with E-state index >= 15 is 0 Å². The van der Waals surface area contributed by atoms with Crippen LogP contribution in [0.2, 0.25) is 0 Å². The third kappa shape index (κ3) is 2.65. The van der Waals surface area contributed by atoms with Crippen LogP contribution in [0.3, 0.4) is 0 Å². The fraction of sp³-hybridized carbons (Fsp3) is 0.700. The van der Waals surface area contributed by atoms with E-state index in [-0.39, 0.29) is 0 Å². The summed E-state index contributed by atoms with van der Waals surface area (Å²) in [6, 6.07) is 0.684. The van der Waals surface area contributed by atoms with Crippen molar-refractivity contribution in [3.8, 4) is 0 Å². The molecule has 0 amide bonds. The molecule has 2 heterocycles. The summed E-state index contributed by atoms with van der Waals surface area (Å²) in [7, 11) is 4.12. The maximum atomic E-state index is 4.62. The first-order valence-electron chi connectivity index (χ1n) is 5.21. The van der Waals surface area contributed by atoms with Crippen LogP contribution in [0.1, 0.15) is 12.1 Å². The van der Waals surface area contributed by atoms with Gasteiger partial charge in [-0.25, -0.2) is 4.98 Å². The second-order valence-corrected chi connectivity index (χ2v) is 5.77. The lowest BCUT2D eigenvalue weighted by Gasteiger charge is -2.22. The van der Waals surface area contributed by atoms with Crippen molar-refractivity contribution < 1.29 is 0 Å². The first-order valence-corrected chi connectivity index (χ1v) is 7.24. The molecule has 1 aromatic heterocycles. The van der Waals surface area contributed by atoms with Gasteiger partial charge in [-0.3, -0.25) is 0 Å². The maximum absolute atomic E-state index is 4.62. The Labute approximate surface area is 99.3 Å².